The maximum Gasteiger partial charge on any atom is 0.234 e. The highest BCUT2D eigenvalue weighted by Gasteiger charge is 2.33. The summed E-state index contributed by atoms with van der Waals surface area (Å²) in [5.74, 6) is -1.91. The molecule has 8 rings (SSSR count). The van der Waals surface area contributed by atoms with Gasteiger partial charge in [-0.3, -0.25) is 19.9 Å². The molecule has 0 radical (unpaired) electrons. The second kappa shape index (κ2) is 20.2. The zero-order valence-electron chi connectivity index (χ0n) is 37.3. The third-order valence-corrected chi connectivity index (χ3v) is 14.5. The number of benzene rings is 3. The maximum absolute atomic E-state index is 14.9. The molecule has 2 saturated heterocycles. The summed E-state index contributed by atoms with van der Waals surface area (Å²) in [5, 5.41) is 17.7. The molecule has 3 aromatic carbocycles. The van der Waals surface area contributed by atoms with E-state index in [9.17, 15) is 22.9 Å². The van der Waals surface area contributed by atoms with Crippen LogP contribution in [0.4, 0.5) is 37.6 Å². The molecule has 3 fully saturated rings. The van der Waals surface area contributed by atoms with Crippen LogP contribution in [0, 0.1) is 11.6 Å². The summed E-state index contributed by atoms with van der Waals surface area (Å²) in [6.45, 7) is 11.6. The molecule has 13 nitrogen and oxygen atoms in total. The fraction of sp³-hybridized carbons (Fsp3) is 0.438. The quantitative estimate of drug-likeness (QED) is 0.0325. The zero-order valence-corrected chi connectivity index (χ0v) is 39.8. The first-order chi connectivity index (χ1) is 31.3. The molecule has 1 aliphatic carbocycles. The molecule has 2 aliphatic heterocycles. The molecule has 0 spiro atoms. The number of imide groups is 1. The molecular formula is C48H57BrF2N9O4P. The molecule has 2 amide bonds. The third kappa shape index (κ3) is 11.2. The number of hydrogen-bond donors (Lipinski definition) is 5. The number of fused-ring (bicyclic) bond motifs is 1. The summed E-state index contributed by atoms with van der Waals surface area (Å²) in [6, 6.07) is 15.1. The number of halogens is 3. The second-order valence-corrected chi connectivity index (χ2v) is 21.5. The highest BCUT2D eigenvalue weighted by Crippen LogP contribution is 2.43. The Bertz CT molecular complexity index is 2610. The Morgan fingerprint density at radius 2 is 1.66 bits per heavy atom. The number of pyridine rings is 1. The highest BCUT2D eigenvalue weighted by molar-refractivity contribution is 9.10. The number of aromatic nitrogens is 3. The molecule has 3 aliphatic rings. The van der Waals surface area contributed by atoms with Crippen molar-refractivity contribution in [2.24, 2.45) is 0 Å². The fourth-order valence-electron chi connectivity index (χ4n) is 8.75. The molecular weight excluding hydrogens is 915 g/mol. The third-order valence-electron chi connectivity index (χ3n) is 12.3. The van der Waals surface area contributed by atoms with Crippen molar-refractivity contribution in [1.82, 2.24) is 30.9 Å². The van der Waals surface area contributed by atoms with Crippen LogP contribution in [0.15, 0.2) is 59.2 Å². The van der Waals surface area contributed by atoms with E-state index < -0.39 is 36.5 Å². The summed E-state index contributed by atoms with van der Waals surface area (Å²) in [5.41, 5.74) is 5.89. The lowest BCUT2D eigenvalue weighted by atomic mass is 9.89. The molecule has 2 aromatic heterocycles. The number of ether oxygens (including phenoxy) is 1. The Balaban J connectivity index is 0.870. The van der Waals surface area contributed by atoms with Gasteiger partial charge in [-0.15, -0.1) is 0 Å². The van der Waals surface area contributed by atoms with Crippen LogP contribution in [0.5, 0.6) is 5.75 Å². The standard InChI is InChI=1S/C48H57BrF2N9O4P/c1-5-29-25-40(57-48-54-27-35(49)46(59-48)56-39-13-12-38-33(45(39)65(3,4)63)10-7-30(6-2)55-38)42(64-32-8-9-32)26-41(29)60-21-16-31(17-22-60)53-20-19-52-18-15-28-23-36(50)44(37(51)24-28)34-11-14-43(61)58-47(34)62/h7,10,12-13,23-27,31-32,34,52-53H,5-6,8-9,11,14-22H2,1-4H3,(H,58,61,62)(H2,54,56,57,59)/t34-/m1/s1. The summed E-state index contributed by atoms with van der Waals surface area (Å²) in [7, 11) is -2.75. The molecule has 4 heterocycles. The maximum atomic E-state index is 14.9. The van der Waals surface area contributed by atoms with E-state index in [1.807, 2.05) is 24.3 Å². The minimum absolute atomic E-state index is 0.0579. The first-order valence-corrected chi connectivity index (χ1v) is 26.1. The van der Waals surface area contributed by atoms with Crippen LogP contribution >= 0.6 is 23.1 Å². The first-order valence-electron chi connectivity index (χ1n) is 22.7. The summed E-state index contributed by atoms with van der Waals surface area (Å²) >= 11 is 3.63. The molecule has 65 heavy (non-hydrogen) atoms. The average molecular weight is 973 g/mol. The van der Waals surface area contributed by atoms with Gasteiger partial charge in [0.05, 0.1) is 33.4 Å². The van der Waals surface area contributed by atoms with Gasteiger partial charge in [0, 0.05) is 78.5 Å². The van der Waals surface area contributed by atoms with E-state index in [1.165, 1.54) is 23.4 Å². The van der Waals surface area contributed by atoms with Gasteiger partial charge < -0.3 is 35.5 Å². The summed E-state index contributed by atoms with van der Waals surface area (Å²) < 4.78 is 50.8. The summed E-state index contributed by atoms with van der Waals surface area (Å²) in [6.07, 6.45) is 8.07. The Morgan fingerprint density at radius 3 is 2.35 bits per heavy atom. The minimum atomic E-state index is -2.75. The van der Waals surface area contributed by atoms with Gasteiger partial charge in [0.15, 0.2) is 0 Å². The van der Waals surface area contributed by atoms with Crippen LogP contribution in [0.3, 0.4) is 0 Å². The smallest absolute Gasteiger partial charge is 0.234 e. The second-order valence-electron chi connectivity index (χ2n) is 17.5. The first kappa shape index (κ1) is 46.5. The van der Waals surface area contributed by atoms with Gasteiger partial charge in [-0.1, -0.05) is 19.9 Å². The molecule has 1 atom stereocenters. The lowest BCUT2D eigenvalue weighted by Crippen LogP contribution is -2.44. The van der Waals surface area contributed by atoms with E-state index in [2.05, 4.69) is 78.4 Å². The van der Waals surface area contributed by atoms with Gasteiger partial charge in [0.1, 0.15) is 30.3 Å². The van der Waals surface area contributed by atoms with Crippen LogP contribution < -0.4 is 41.5 Å². The monoisotopic (exact) mass is 971 g/mol. The van der Waals surface area contributed by atoms with Crippen molar-refractivity contribution in [3.63, 3.8) is 0 Å². The predicted molar refractivity (Wildman–Crippen MR) is 257 cm³/mol. The Kier molecular flexibility index (Phi) is 14.5. The number of carbonyl (C=O) groups is 2. The molecule has 1 saturated carbocycles. The van der Waals surface area contributed by atoms with Crippen molar-refractivity contribution in [2.75, 3.05) is 61.6 Å². The van der Waals surface area contributed by atoms with E-state index in [1.54, 1.807) is 19.5 Å². The van der Waals surface area contributed by atoms with Gasteiger partial charge in [0.2, 0.25) is 17.8 Å². The van der Waals surface area contributed by atoms with Crippen molar-refractivity contribution >= 4 is 79.9 Å². The number of aryl methyl sites for hydroxylation is 2. The minimum Gasteiger partial charge on any atom is -0.488 e. The largest absolute Gasteiger partial charge is 0.488 e. The Hall–Kier alpha value is -5.02. The average Bonchev–Trinajstić information content (AvgIpc) is 4.10. The number of amides is 2. The van der Waals surface area contributed by atoms with E-state index in [4.69, 9.17) is 14.7 Å². The molecule has 344 valence electrons. The SMILES string of the molecule is CCc1ccc2c(P(C)(C)=O)c(Nc3nc(Nc4cc(CC)c(N5CCC(NCCNCCc6cc(F)c([C@H]7CCC(=O)NC7=O)c(F)c6)CC5)cc4OC4CC4)ncc3Br)ccc2n1. The fourth-order valence-corrected chi connectivity index (χ4v) is 10.5. The number of hydrogen-bond acceptors (Lipinski definition) is 12. The van der Waals surface area contributed by atoms with Crippen molar-refractivity contribution < 1.29 is 27.7 Å². The number of nitrogens with one attached hydrogen (secondary N) is 5. The van der Waals surface area contributed by atoms with Gasteiger partial charge in [-0.25, -0.2) is 13.8 Å². The topological polar surface area (TPSA) is 162 Å². The van der Waals surface area contributed by atoms with E-state index in [0.29, 0.717) is 53.0 Å². The molecule has 5 N–H and O–H groups in total. The number of piperidine rings is 2. The van der Waals surface area contributed by atoms with Crippen LogP contribution in [0.25, 0.3) is 10.9 Å². The highest BCUT2D eigenvalue weighted by atomic mass is 79.9. The molecule has 0 unspecified atom stereocenters. The number of rotatable bonds is 18. The Morgan fingerprint density at radius 1 is 0.892 bits per heavy atom. The van der Waals surface area contributed by atoms with Crippen LogP contribution in [0.1, 0.15) is 80.7 Å². The van der Waals surface area contributed by atoms with Crippen molar-refractivity contribution in [3.05, 3.63) is 93.2 Å². The molecule has 5 aromatic rings. The summed E-state index contributed by atoms with van der Waals surface area (Å²) in [4.78, 5) is 40.4. The van der Waals surface area contributed by atoms with Gasteiger partial charge in [-0.05, 0) is 135 Å². The van der Waals surface area contributed by atoms with Crippen molar-refractivity contribution in [1.29, 1.82) is 0 Å². The van der Waals surface area contributed by atoms with Crippen LogP contribution in [-0.4, -0.2) is 85.0 Å². The van der Waals surface area contributed by atoms with Crippen molar-refractivity contribution in [2.45, 2.75) is 89.7 Å². The molecule has 17 heteroatoms. The lowest BCUT2D eigenvalue weighted by Gasteiger charge is -2.35. The Labute approximate surface area is 387 Å². The van der Waals surface area contributed by atoms with Gasteiger partial charge in [-0.2, -0.15) is 4.98 Å². The normalized spacial score (nSPS) is 17.1. The number of anilines is 5. The van der Waals surface area contributed by atoms with E-state index >= 15 is 0 Å². The van der Waals surface area contributed by atoms with E-state index in [-0.39, 0.29) is 24.5 Å². The van der Waals surface area contributed by atoms with Crippen molar-refractivity contribution in [3.8, 4) is 5.75 Å². The van der Waals surface area contributed by atoms with Gasteiger partial charge >= 0.3 is 0 Å². The van der Waals surface area contributed by atoms with Gasteiger partial charge in [0.25, 0.3) is 0 Å². The van der Waals surface area contributed by atoms with E-state index in [0.717, 1.165) is 91.5 Å². The lowest BCUT2D eigenvalue weighted by molar-refractivity contribution is -0.134. The van der Waals surface area contributed by atoms with Crippen LogP contribution in [-0.2, 0) is 33.4 Å². The number of carbonyl (C=O) groups excluding carboxylic acids is 2. The molecule has 0 bridgehead atoms. The predicted octanol–water partition coefficient (Wildman–Crippen LogP) is 8.38. The zero-order chi connectivity index (χ0) is 45.8. The van der Waals surface area contributed by atoms with Crippen LogP contribution in [0.2, 0.25) is 0 Å². The number of nitrogens with zero attached hydrogens (tertiary/aromatic N) is 4.